The SMILES string of the molecule is COc1cc(F)c(OC2CCC(C(=O)O)CC2)cc1C(=O)N[C@@H]1CC(F)(F)C[C@@H]1C(=O)Nc1ccc(F)c(C(F)(F)F)c1. The molecule has 0 unspecified atom stereocenters. The number of methoxy groups -OCH3 is 1. The Morgan fingerprint density at radius 2 is 1.63 bits per heavy atom. The van der Waals surface area contributed by atoms with Crippen LogP contribution in [0.3, 0.4) is 0 Å². The molecule has 0 bridgehead atoms. The third-order valence-corrected chi connectivity index (χ3v) is 7.53. The molecule has 0 spiro atoms. The van der Waals surface area contributed by atoms with E-state index >= 15 is 0 Å². The maximum Gasteiger partial charge on any atom is 0.419 e. The van der Waals surface area contributed by atoms with Crippen LogP contribution in [0.1, 0.15) is 54.4 Å². The van der Waals surface area contributed by atoms with Gasteiger partial charge in [-0.2, -0.15) is 13.2 Å². The summed E-state index contributed by atoms with van der Waals surface area (Å²) in [4.78, 5) is 37.3. The average Bonchev–Trinajstić information content (AvgIpc) is 3.23. The van der Waals surface area contributed by atoms with Gasteiger partial charge in [0.25, 0.3) is 11.8 Å². The quantitative estimate of drug-likeness (QED) is 0.322. The molecule has 2 amide bonds. The molecule has 8 nitrogen and oxygen atoms in total. The van der Waals surface area contributed by atoms with Crippen LogP contribution in [0.4, 0.5) is 36.4 Å². The van der Waals surface area contributed by atoms with Crippen LogP contribution in [0, 0.1) is 23.5 Å². The van der Waals surface area contributed by atoms with E-state index in [1.165, 1.54) is 0 Å². The molecule has 15 heteroatoms. The van der Waals surface area contributed by atoms with Crippen LogP contribution in [0.15, 0.2) is 30.3 Å². The van der Waals surface area contributed by atoms with Gasteiger partial charge in [0, 0.05) is 30.6 Å². The van der Waals surface area contributed by atoms with Gasteiger partial charge in [-0.1, -0.05) is 0 Å². The zero-order chi connectivity index (χ0) is 31.7. The second kappa shape index (κ2) is 12.3. The molecule has 2 aromatic rings. The first-order valence-electron chi connectivity index (χ1n) is 13.2. The molecule has 4 rings (SSSR count). The van der Waals surface area contributed by atoms with Crippen LogP contribution < -0.4 is 20.1 Å². The number of carbonyl (C=O) groups excluding carboxylic acids is 2. The number of halogens is 7. The first-order chi connectivity index (χ1) is 20.1. The summed E-state index contributed by atoms with van der Waals surface area (Å²) in [6.07, 6.45) is -6.39. The number of rotatable bonds is 8. The van der Waals surface area contributed by atoms with Crippen LogP contribution in [0.25, 0.3) is 0 Å². The Morgan fingerprint density at radius 1 is 0.953 bits per heavy atom. The fourth-order valence-electron chi connectivity index (χ4n) is 5.32. The number of amides is 2. The minimum absolute atomic E-state index is 0.270. The highest BCUT2D eigenvalue weighted by atomic mass is 19.4. The first-order valence-corrected chi connectivity index (χ1v) is 13.2. The fourth-order valence-corrected chi connectivity index (χ4v) is 5.32. The van der Waals surface area contributed by atoms with E-state index in [1.807, 2.05) is 0 Å². The van der Waals surface area contributed by atoms with Crippen molar-refractivity contribution < 1.29 is 59.7 Å². The lowest BCUT2D eigenvalue weighted by atomic mass is 9.87. The topological polar surface area (TPSA) is 114 Å². The maximum atomic E-state index is 14.8. The molecule has 0 heterocycles. The van der Waals surface area contributed by atoms with Crippen molar-refractivity contribution in [3.8, 4) is 11.5 Å². The number of benzene rings is 2. The number of hydrogen-bond donors (Lipinski definition) is 3. The molecule has 0 aliphatic heterocycles. The van der Waals surface area contributed by atoms with Gasteiger partial charge in [0.05, 0.1) is 36.2 Å². The summed E-state index contributed by atoms with van der Waals surface area (Å²) in [6, 6.07) is 2.00. The molecule has 0 radical (unpaired) electrons. The number of carbonyl (C=O) groups is 3. The second-order valence-electron chi connectivity index (χ2n) is 10.5. The van der Waals surface area contributed by atoms with Gasteiger partial charge in [0.1, 0.15) is 11.6 Å². The van der Waals surface area contributed by atoms with Crippen molar-refractivity contribution in [1.29, 1.82) is 0 Å². The zero-order valence-electron chi connectivity index (χ0n) is 22.6. The zero-order valence-corrected chi connectivity index (χ0v) is 22.6. The van der Waals surface area contributed by atoms with E-state index in [4.69, 9.17) is 14.6 Å². The molecule has 3 N–H and O–H groups in total. The highest BCUT2D eigenvalue weighted by molar-refractivity contribution is 5.99. The van der Waals surface area contributed by atoms with Crippen molar-refractivity contribution in [3.05, 3.63) is 53.1 Å². The molecule has 2 saturated carbocycles. The number of anilines is 1. The number of alkyl halides is 5. The largest absolute Gasteiger partial charge is 0.496 e. The van der Waals surface area contributed by atoms with Gasteiger partial charge < -0.3 is 25.2 Å². The van der Waals surface area contributed by atoms with E-state index in [0.29, 0.717) is 37.8 Å². The van der Waals surface area contributed by atoms with Gasteiger partial charge in [0.15, 0.2) is 11.6 Å². The molecule has 0 aromatic heterocycles. The molecule has 0 saturated heterocycles. The lowest BCUT2D eigenvalue weighted by molar-refractivity contribution is -0.143. The van der Waals surface area contributed by atoms with Crippen molar-refractivity contribution in [1.82, 2.24) is 5.32 Å². The number of carboxylic acid groups (broad SMARTS) is 1. The summed E-state index contributed by atoms with van der Waals surface area (Å²) in [5, 5.41) is 13.5. The van der Waals surface area contributed by atoms with Gasteiger partial charge >= 0.3 is 12.1 Å². The highest BCUT2D eigenvalue weighted by Gasteiger charge is 2.50. The third kappa shape index (κ3) is 7.49. The molecule has 2 aliphatic rings. The van der Waals surface area contributed by atoms with Crippen LogP contribution in [-0.2, 0) is 15.8 Å². The molecule has 2 fully saturated rings. The summed E-state index contributed by atoms with van der Waals surface area (Å²) >= 11 is 0. The lowest BCUT2D eigenvalue weighted by Gasteiger charge is -2.27. The van der Waals surface area contributed by atoms with Crippen molar-refractivity contribution >= 4 is 23.5 Å². The predicted octanol–water partition coefficient (Wildman–Crippen LogP) is 5.80. The average molecular weight is 621 g/mol. The lowest BCUT2D eigenvalue weighted by Crippen LogP contribution is -2.42. The summed E-state index contributed by atoms with van der Waals surface area (Å²) in [5.74, 6) is -11.8. The molecule has 2 aliphatic carbocycles. The monoisotopic (exact) mass is 620 g/mol. The molecule has 2 aromatic carbocycles. The fraction of sp³-hybridized carbons (Fsp3) is 0.464. The molecular formula is C28H27F7N2O6. The summed E-state index contributed by atoms with van der Waals surface area (Å²) < 4.78 is 107. The van der Waals surface area contributed by atoms with Gasteiger partial charge in [-0.05, 0) is 49.9 Å². The highest BCUT2D eigenvalue weighted by Crippen LogP contribution is 2.41. The number of aliphatic carboxylic acids is 1. The minimum atomic E-state index is -5.07. The van der Waals surface area contributed by atoms with Crippen LogP contribution >= 0.6 is 0 Å². The van der Waals surface area contributed by atoms with E-state index in [9.17, 15) is 45.1 Å². The number of nitrogens with one attached hydrogen (secondary N) is 2. The van der Waals surface area contributed by atoms with Crippen LogP contribution in [-0.4, -0.2) is 48.1 Å². The van der Waals surface area contributed by atoms with E-state index in [0.717, 1.165) is 25.3 Å². The van der Waals surface area contributed by atoms with E-state index < -0.39 is 89.6 Å². The van der Waals surface area contributed by atoms with E-state index in [-0.39, 0.29) is 17.1 Å². The van der Waals surface area contributed by atoms with E-state index in [1.54, 1.807) is 0 Å². The number of carboxylic acids is 1. The molecule has 43 heavy (non-hydrogen) atoms. The second-order valence-corrected chi connectivity index (χ2v) is 10.5. The van der Waals surface area contributed by atoms with Crippen LogP contribution in [0.2, 0.25) is 0 Å². The first kappa shape index (κ1) is 31.9. The summed E-state index contributed by atoms with van der Waals surface area (Å²) in [6.45, 7) is 0. The third-order valence-electron chi connectivity index (χ3n) is 7.53. The van der Waals surface area contributed by atoms with E-state index in [2.05, 4.69) is 10.6 Å². The Balaban J connectivity index is 1.51. The summed E-state index contributed by atoms with van der Waals surface area (Å²) in [7, 11) is 1.14. The Hall–Kier alpha value is -4.04. The van der Waals surface area contributed by atoms with Crippen molar-refractivity contribution in [2.24, 2.45) is 11.8 Å². The van der Waals surface area contributed by atoms with Crippen molar-refractivity contribution in [3.63, 3.8) is 0 Å². The Morgan fingerprint density at radius 3 is 2.23 bits per heavy atom. The molecule has 234 valence electrons. The number of hydrogen-bond acceptors (Lipinski definition) is 5. The predicted molar refractivity (Wildman–Crippen MR) is 136 cm³/mol. The Kier molecular flexibility index (Phi) is 9.11. The van der Waals surface area contributed by atoms with Crippen molar-refractivity contribution in [2.75, 3.05) is 12.4 Å². The van der Waals surface area contributed by atoms with Crippen molar-refractivity contribution in [2.45, 2.75) is 62.8 Å². The molecular weight excluding hydrogens is 593 g/mol. The number of ether oxygens (including phenoxy) is 2. The smallest absolute Gasteiger partial charge is 0.419 e. The Bertz CT molecular complexity index is 1390. The summed E-state index contributed by atoms with van der Waals surface area (Å²) in [5.41, 5.74) is -2.46. The normalized spacial score (nSPS) is 23.3. The van der Waals surface area contributed by atoms with Gasteiger partial charge in [-0.15, -0.1) is 0 Å². The standard InChI is InChI=1S/C28H27F7N2O6/c1-42-22-10-20(30)23(43-15-5-2-13(3-6-15)26(40)41)9-16(22)24(38)37-21-12-27(31,32)11-17(21)25(39)36-14-4-7-19(29)18(8-14)28(33,34)35/h4,7-10,13,15,17,21H,2-3,5-6,11-12H2,1H3,(H,36,39)(H,37,38)(H,40,41)/t13?,15?,17-,21+/m0/s1. The van der Waals surface area contributed by atoms with Gasteiger partial charge in [-0.3, -0.25) is 14.4 Å². The van der Waals surface area contributed by atoms with Crippen LogP contribution in [0.5, 0.6) is 11.5 Å². The Labute approximate surface area is 240 Å². The maximum absolute atomic E-state index is 14.8. The minimum Gasteiger partial charge on any atom is -0.496 e. The van der Waals surface area contributed by atoms with Gasteiger partial charge in [0.2, 0.25) is 5.91 Å². The molecule has 2 atom stereocenters. The van der Waals surface area contributed by atoms with Gasteiger partial charge in [-0.25, -0.2) is 17.6 Å².